The van der Waals surface area contributed by atoms with Crippen LogP contribution in [0, 0.1) is 0 Å². The Bertz CT molecular complexity index is 2380. The third kappa shape index (κ3) is 17.9. The Morgan fingerprint density at radius 1 is 0.465 bits per heavy atom. The summed E-state index contributed by atoms with van der Waals surface area (Å²) in [5, 5.41) is 19.9. The van der Waals surface area contributed by atoms with Crippen LogP contribution in [-0.2, 0) is 26.7 Å². The SMILES string of the molecule is CC(C)(C)OC(=O)N[C@@H](CO)Cc1ccccc1.CC(C)(C)OC(=O)N[C@@H](CO[Si](c1ccccc1)(c1ccccc1)C(C)(C)C)Cc1ccccc1.CC(C)(C)[Si](Cl)(c1ccccc1)c1ccccc1. The van der Waals surface area contributed by atoms with E-state index < -0.39 is 39.1 Å². The molecule has 380 valence electrons. The molecule has 8 nitrogen and oxygen atoms in total. The number of alkyl carbamates (subject to hydrolysis) is 2. The van der Waals surface area contributed by atoms with Crippen molar-refractivity contribution in [2.24, 2.45) is 0 Å². The van der Waals surface area contributed by atoms with Crippen molar-refractivity contribution in [2.45, 2.75) is 129 Å². The molecule has 0 spiro atoms. The molecule has 0 radical (unpaired) electrons. The predicted molar refractivity (Wildman–Crippen MR) is 301 cm³/mol. The van der Waals surface area contributed by atoms with E-state index in [1.165, 1.54) is 20.7 Å². The minimum absolute atomic E-state index is 0.0667. The van der Waals surface area contributed by atoms with Crippen molar-refractivity contribution in [3.8, 4) is 0 Å². The first kappa shape index (κ1) is 58.1. The summed E-state index contributed by atoms with van der Waals surface area (Å²) >= 11 is 7.21. The molecule has 6 aromatic rings. The number of amides is 2. The zero-order chi connectivity index (χ0) is 52.4. The molecule has 6 rings (SSSR count). The number of aliphatic hydroxyl groups is 1. The molecule has 71 heavy (non-hydrogen) atoms. The van der Waals surface area contributed by atoms with E-state index in [2.05, 4.69) is 161 Å². The Morgan fingerprint density at radius 2 is 0.761 bits per heavy atom. The number of halogens is 1. The lowest BCUT2D eigenvalue weighted by molar-refractivity contribution is 0.0473. The van der Waals surface area contributed by atoms with Gasteiger partial charge in [0.05, 0.1) is 25.3 Å². The van der Waals surface area contributed by atoms with Gasteiger partial charge in [-0.05, 0) is 96.3 Å². The molecular weight excluding hydrogens is 936 g/mol. The Hall–Kier alpha value is -5.50. The Morgan fingerprint density at radius 3 is 1.06 bits per heavy atom. The molecule has 2 atom stereocenters. The van der Waals surface area contributed by atoms with Crippen molar-refractivity contribution in [3.63, 3.8) is 0 Å². The molecule has 6 aromatic carbocycles. The molecule has 0 aromatic heterocycles. The average molecular weight is 1020 g/mol. The molecule has 11 heteroatoms. The van der Waals surface area contributed by atoms with Crippen molar-refractivity contribution in [3.05, 3.63) is 193 Å². The maximum atomic E-state index is 12.7. The van der Waals surface area contributed by atoms with Gasteiger partial charge in [0.2, 0.25) is 7.38 Å². The van der Waals surface area contributed by atoms with E-state index >= 15 is 0 Å². The van der Waals surface area contributed by atoms with Crippen LogP contribution in [-0.4, -0.2) is 69.5 Å². The number of carbonyl (C=O) groups excluding carboxylic acids is 2. The largest absolute Gasteiger partial charge is 0.444 e. The maximum absolute atomic E-state index is 12.7. The van der Waals surface area contributed by atoms with Crippen LogP contribution in [0.2, 0.25) is 10.1 Å². The second kappa shape index (κ2) is 26.3. The number of nitrogens with one attached hydrogen (secondary N) is 2. The molecule has 2 amide bonds. The number of ether oxygens (including phenoxy) is 2. The van der Waals surface area contributed by atoms with Gasteiger partial charge >= 0.3 is 12.2 Å². The van der Waals surface area contributed by atoms with Crippen LogP contribution < -0.4 is 31.4 Å². The molecular formula is C60H79ClN2O6Si2. The lowest BCUT2D eigenvalue weighted by atomic mass is 10.1. The molecule has 0 unspecified atom stereocenters. The average Bonchev–Trinajstić information content (AvgIpc) is 3.31. The van der Waals surface area contributed by atoms with Crippen molar-refractivity contribution in [1.29, 1.82) is 0 Å². The standard InChI is InChI=1S/C30H39NO3Si.C16H19ClSi.C14H21NO3/c1-29(2,3)34-28(32)31-25(22-24-16-10-7-11-17-24)23-33-35(30(4,5)6,26-18-12-8-13-19-26)27-20-14-9-15-21-27;1-16(2,3)18(17,14-10-6-4-7-11-14)15-12-8-5-9-13-15;1-14(2,3)18-13(17)15-12(10-16)9-11-7-5-4-6-8-11/h7-21,25H,22-23H2,1-6H3,(H,31,32);4-13H,1-3H3;4-8,12,16H,9-10H2,1-3H3,(H,15,17)/t25-;;12-/m1.1/s1. The summed E-state index contributed by atoms with van der Waals surface area (Å²) in [5.41, 5.74) is 1.10. The van der Waals surface area contributed by atoms with Gasteiger partial charge in [-0.25, -0.2) is 9.59 Å². The van der Waals surface area contributed by atoms with Crippen molar-refractivity contribution < 1.29 is 28.6 Å². The first-order valence-corrected chi connectivity index (χ1v) is 29.5. The number of hydrogen-bond acceptors (Lipinski definition) is 6. The smallest absolute Gasteiger partial charge is 0.407 e. The van der Waals surface area contributed by atoms with Crippen LogP contribution in [0.25, 0.3) is 0 Å². The molecule has 0 aliphatic rings. The normalized spacial score (nSPS) is 12.9. The Kier molecular flexibility index (Phi) is 21.5. The minimum atomic E-state index is -2.72. The van der Waals surface area contributed by atoms with Gasteiger partial charge in [0.1, 0.15) is 11.2 Å². The van der Waals surface area contributed by atoms with Crippen LogP contribution >= 0.6 is 11.1 Å². The van der Waals surface area contributed by atoms with E-state index in [9.17, 15) is 14.7 Å². The second-order valence-corrected chi connectivity index (χ2v) is 31.8. The zero-order valence-corrected chi connectivity index (χ0v) is 46.9. The third-order valence-electron chi connectivity index (χ3n) is 11.6. The molecule has 0 aliphatic heterocycles. The molecule has 0 bridgehead atoms. The van der Waals surface area contributed by atoms with Gasteiger partial charge in [0.15, 0.2) is 0 Å². The zero-order valence-electron chi connectivity index (χ0n) is 44.2. The van der Waals surface area contributed by atoms with E-state index in [4.69, 9.17) is 25.0 Å². The lowest BCUT2D eigenvalue weighted by Crippen LogP contribution is -2.67. The number of benzene rings is 6. The molecule has 0 heterocycles. The van der Waals surface area contributed by atoms with Crippen molar-refractivity contribution in [1.82, 2.24) is 10.6 Å². The van der Waals surface area contributed by atoms with Gasteiger partial charge in [0, 0.05) is 0 Å². The van der Waals surface area contributed by atoms with Crippen LogP contribution in [0.5, 0.6) is 0 Å². The fraction of sp³-hybridized carbons (Fsp3) is 0.367. The van der Waals surface area contributed by atoms with Crippen LogP contribution in [0.4, 0.5) is 9.59 Å². The lowest BCUT2D eigenvalue weighted by Gasteiger charge is -2.43. The van der Waals surface area contributed by atoms with E-state index in [1.807, 2.05) is 93.6 Å². The van der Waals surface area contributed by atoms with Gasteiger partial charge in [-0.2, -0.15) is 11.1 Å². The summed E-state index contributed by atoms with van der Waals surface area (Å²) in [6, 6.07) is 61.5. The van der Waals surface area contributed by atoms with E-state index in [0.717, 1.165) is 11.1 Å². The van der Waals surface area contributed by atoms with Gasteiger partial charge in [0.25, 0.3) is 8.32 Å². The monoisotopic (exact) mass is 1010 g/mol. The fourth-order valence-corrected chi connectivity index (χ4v) is 17.1. The number of rotatable bonds is 14. The van der Waals surface area contributed by atoms with Crippen molar-refractivity contribution in [2.75, 3.05) is 13.2 Å². The van der Waals surface area contributed by atoms with Gasteiger partial charge < -0.3 is 29.6 Å². The Balaban J connectivity index is 0.000000255. The highest BCUT2D eigenvalue weighted by molar-refractivity contribution is 7.35. The Labute approximate surface area is 432 Å². The molecule has 0 saturated carbocycles. The summed E-state index contributed by atoms with van der Waals surface area (Å²) in [5.74, 6) is 0. The van der Waals surface area contributed by atoms with E-state index in [0.29, 0.717) is 19.4 Å². The highest BCUT2D eigenvalue weighted by Gasteiger charge is 2.50. The maximum Gasteiger partial charge on any atom is 0.407 e. The third-order valence-corrected chi connectivity index (χ3v) is 23.9. The summed E-state index contributed by atoms with van der Waals surface area (Å²) in [6.07, 6.45) is 0.302. The van der Waals surface area contributed by atoms with Crippen LogP contribution in [0.15, 0.2) is 182 Å². The van der Waals surface area contributed by atoms with Gasteiger partial charge in [-0.1, -0.05) is 224 Å². The topological polar surface area (TPSA) is 106 Å². The molecule has 0 saturated heterocycles. The number of carbonyl (C=O) groups is 2. The molecule has 0 aliphatic carbocycles. The predicted octanol–water partition coefficient (Wildman–Crippen LogP) is 11.6. The molecule has 0 fully saturated rings. The second-order valence-electron chi connectivity index (χ2n) is 21.9. The quantitative estimate of drug-likeness (QED) is 0.0741. The fourth-order valence-electron chi connectivity index (χ4n) is 8.41. The van der Waals surface area contributed by atoms with Gasteiger partial charge in [-0.3, -0.25) is 0 Å². The van der Waals surface area contributed by atoms with E-state index in [-0.39, 0.29) is 28.8 Å². The number of hydrogen-bond donors (Lipinski definition) is 3. The van der Waals surface area contributed by atoms with E-state index in [1.54, 1.807) is 20.8 Å². The summed E-state index contributed by atoms with van der Waals surface area (Å²) in [4.78, 5) is 24.3. The first-order valence-electron chi connectivity index (χ1n) is 24.6. The summed E-state index contributed by atoms with van der Waals surface area (Å²) in [6.45, 7) is 24.8. The minimum Gasteiger partial charge on any atom is -0.444 e. The van der Waals surface area contributed by atoms with Crippen LogP contribution in [0.1, 0.15) is 94.2 Å². The van der Waals surface area contributed by atoms with Gasteiger partial charge in [-0.15, -0.1) is 0 Å². The highest BCUT2D eigenvalue weighted by atomic mass is 35.6. The first-order chi connectivity index (χ1) is 33.4. The summed E-state index contributed by atoms with van der Waals surface area (Å²) in [7, 11) is -4.95. The highest BCUT2D eigenvalue weighted by Crippen LogP contribution is 2.39. The van der Waals surface area contributed by atoms with Crippen LogP contribution in [0.3, 0.4) is 0 Å². The van der Waals surface area contributed by atoms with Crippen molar-refractivity contribution >= 4 is 59.7 Å². The summed E-state index contributed by atoms with van der Waals surface area (Å²) < 4.78 is 17.8. The molecule has 3 N–H and O–H groups in total. The number of aliphatic hydroxyl groups excluding tert-OH is 1.